The van der Waals surface area contributed by atoms with E-state index in [0.717, 1.165) is 19.5 Å². The number of amides is 1. The van der Waals surface area contributed by atoms with Gasteiger partial charge in [0.2, 0.25) is 5.91 Å². The highest BCUT2D eigenvalue weighted by Gasteiger charge is 2.57. The Morgan fingerprint density at radius 1 is 1.11 bits per heavy atom. The van der Waals surface area contributed by atoms with E-state index in [0.29, 0.717) is 23.3 Å². The van der Waals surface area contributed by atoms with Gasteiger partial charge in [0.25, 0.3) is 0 Å². The fourth-order valence-electron chi connectivity index (χ4n) is 3.74. The van der Waals surface area contributed by atoms with Crippen LogP contribution in [0.4, 0.5) is 0 Å². The van der Waals surface area contributed by atoms with Crippen molar-refractivity contribution < 1.29 is 4.79 Å². The lowest BCUT2D eigenvalue weighted by Crippen LogP contribution is -2.39. The summed E-state index contributed by atoms with van der Waals surface area (Å²) >= 11 is 0. The van der Waals surface area contributed by atoms with Crippen molar-refractivity contribution in [3.63, 3.8) is 0 Å². The van der Waals surface area contributed by atoms with Gasteiger partial charge in [0.1, 0.15) is 0 Å². The molecule has 1 heterocycles. The predicted octanol–water partition coefficient (Wildman–Crippen LogP) is 2.25. The maximum absolute atomic E-state index is 12.2. The summed E-state index contributed by atoms with van der Waals surface area (Å²) in [5.41, 5.74) is 0.393. The van der Waals surface area contributed by atoms with E-state index in [1.54, 1.807) is 0 Å². The van der Waals surface area contributed by atoms with Crippen LogP contribution in [0.1, 0.15) is 51.4 Å². The molecule has 1 atom stereocenters. The largest absolute Gasteiger partial charge is 0.353 e. The molecule has 0 aromatic heterocycles. The topological polar surface area (TPSA) is 41.1 Å². The summed E-state index contributed by atoms with van der Waals surface area (Å²) in [5.74, 6) is 0.699. The third-order valence-corrected chi connectivity index (χ3v) is 5.06. The van der Waals surface area contributed by atoms with E-state index in [1.165, 1.54) is 44.9 Å². The fraction of sp³-hybridized carbons (Fsp3) is 0.929. The van der Waals surface area contributed by atoms with E-state index in [-0.39, 0.29) is 12.4 Å². The van der Waals surface area contributed by atoms with Crippen LogP contribution in [0.5, 0.6) is 0 Å². The molecule has 2 N–H and O–H groups in total. The SMILES string of the molecule is Cl.O=C(NC1CCCCC1)C1CC12CCNCC2. The van der Waals surface area contributed by atoms with Gasteiger partial charge >= 0.3 is 0 Å². The highest BCUT2D eigenvalue weighted by Crippen LogP contribution is 2.58. The Morgan fingerprint density at radius 2 is 1.78 bits per heavy atom. The molecule has 1 amide bonds. The monoisotopic (exact) mass is 272 g/mol. The predicted molar refractivity (Wildman–Crippen MR) is 74.9 cm³/mol. The number of piperidine rings is 1. The van der Waals surface area contributed by atoms with Crippen molar-refractivity contribution in [1.82, 2.24) is 10.6 Å². The molecular formula is C14H25ClN2O. The highest BCUT2D eigenvalue weighted by molar-refractivity contribution is 5.85. The molecule has 0 bridgehead atoms. The van der Waals surface area contributed by atoms with Gasteiger partial charge < -0.3 is 10.6 Å². The van der Waals surface area contributed by atoms with Crippen LogP contribution in [-0.2, 0) is 4.79 Å². The number of halogens is 1. The first kappa shape index (κ1) is 14.1. The number of carbonyl (C=O) groups is 1. The van der Waals surface area contributed by atoms with E-state index >= 15 is 0 Å². The van der Waals surface area contributed by atoms with E-state index in [2.05, 4.69) is 10.6 Å². The highest BCUT2D eigenvalue weighted by atomic mass is 35.5. The van der Waals surface area contributed by atoms with Gasteiger partial charge in [-0.15, -0.1) is 12.4 Å². The normalized spacial score (nSPS) is 30.6. The van der Waals surface area contributed by atoms with Crippen LogP contribution >= 0.6 is 12.4 Å². The van der Waals surface area contributed by atoms with E-state index in [9.17, 15) is 4.79 Å². The Morgan fingerprint density at radius 3 is 2.44 bits per heavy atom. The molecule has 1 spiro atoms. The summed E-state index contributed by atoms with van der Waals surface area (Å²) in [4.78, 5) is 12.2. The quantitative estimate of drug-likeness (QED) is 0.810. The first-order valence-electron chi connectivity index (χ1n) is 7.31. The van der Waals surface area contributed by atoms with Crippen molar-refractivity contribution in [2.75, 3.05) is 13.1 Å². The number of hydrogen-bond donors (Lipinski definition) is 2. The Bertz CT molecular complexity index is 296. The lowest BCUT2D eigenvalue weighted by molar-refractivity contribution is -0.124. The average Bonchev–Trinajstić information content (AvgIpc) is 3.05. The number of hydrogen-bond acceptors (Lipinski definition) is 2. The van der Waals surface area contributed by atoms with Crippen molar-refractivity contribution in [3.8, 4) is 0 Å². The van der Waals surface area contributed by atoms with E-state index in [4.69, 9.17) is 0 Å². The summed E-state index contributed by atoms with van der Waals surface area (Å²) in [6, 6.07) is 0.482. The lowest BCUT2D eigenvalue weighted by Gasteiger charge is -2.25. The molecule has 104 valence electrons. The Hall–Kier alpha value is -0.280. The second kappa shape index (κ2) is 5.79. The zero-order valence-corrected chi connectivity index (χ0v) is 11.9. The molecule has 3 fully saturated rings. The van der Waals surface area contributed by atoms with Crippen molar-refractivity contribution in [1.29, 1.82) is 0 Å². The second-order valence-corrected chi connectivity index (χ2v) is 6.21. The smallest absolute Gasteiger partial charge is 0.223 e. The van der Waals surface area contributed by atoms with Crippen LogP contribution in [0.25, 0.3) is 0 Å². The van der Waals surface area contributed by atoms with Gasteiger partial charge in [-0.2, -0.15) is 0 Å². The molecule has 3 aliphatic rings. The number of rotatable bonds is 2. The van der Waals surface area contributed by atoms with Crippen molar-refractivity contribution in [2.24, 2.45) is 11.3 Å². The Labute approximate surface area is 116 Å². The molecule has 0 aromatic carbocycles. The summed E-state index contributed by atoms with van der Waals surface area (Å²) < 4.78 is 0. The lowest BCUT2D eigenvalue weighted by atomic mass is 9.91. The Kier molecular flexibility index (Phi) is 4.54. The molecule has 1 unspecified atom stereocenters. The summed E-state index contributed by atoms with van der Waals surface area (Å²) in [6.07, 6.45) is 9.90. The minimum Gasteiger partial charge on any atom is -0.353 e. The van der Waals surface area contributed by atoms with Crippen molar-refractivity contribution in [3.05, 3.63) is 0 Å². The van der Waals surface area contributed by atoms with Crippen LogP contribution in [0.3, 0.4) is 0 Å². The molecule has 3 nitrogen and oxygen atoms in total. The van der Waals surface area contributed by atoms with Crippen LogP contribution in [0, 0.1) is 11.3 Å². The average molecular weight is 273 g/mol. The van der Waals surface area contributed by atoms with Gasteiger partial charge in [-0.3, -0.25) is 4.79 Å². The Balaban J connectivity index is 0.00000120. The molecule has 2 saturated carbocycles. The van der Waals surface area contributed by atoms with Crippen molar-refractivity contribution in [2.45, 2.75) is 57.4 Å². The summed E-state index contributed by atoms with van der Waals surface area (Å²) in [5, 5.41) is 6.68. The molecule has 3 rings (SSSR count). The molecule has 0 aromatic rings. The molecule has 2 aliphatic carbocycles. The summed E-state index contributed by atoms with van der Waals surface area (Å²) in [7, 11) is 0. The van der Waals surface area contributed by atoms with Crippen molar-refractivity contribution >= 4 is 18.3 Å². The zero-order valence-electron chi connectivity index (χ0n) is 11.0. The molecular weight excluding hydrogens is 248 g/mol. The maximum Gasteiger partial charge on any atom is 0.223 e. The van der Waals surface area contributed by atoms with Crippen LogP contribution in [0.2, 0.25) is 0 Å². The first-order chi connectivity index (χ1) is 8.30. The molecule has 1 saturated heterocycles. The third-order valence-electron chi connectivity index (χ3n) is 5.06. The minimum absolute atomic E-state index is 0. The molecule has 0 radical (unpaired) electrons. The van der Waals surface area contributed by atoms with Gasteiger partial charge in [0.05, 0.1) is 0 Å². The summed E-state index contributed by atoms with van der Waals surface area (Å²) in [6.45, 7) is 2.21. The zero-order chi connectivity index (χ0) is 11.7. The van der Waals surface area contributed by atoms with E-state index in [1.807, 2.05) is 0 Å². The third kappa shape index (κ3) is 2.83. The van der Waals surface area contributed by atoms with Crippen LogP contribution in [0.15, 0.2) is 0 Å². The molecule has 18 heavy (non-hydrogen) atoms. The van der Waals surface area contributed by atoms with Gasteiger partial charge in [-0.25, -0.2) is 0 Å². The maximum atomic E-state index is 12.2. The second-order valence-electron chi connectivity index (χ2n) is 6.21. The molecule has 1 aliphatic heterocycles. The van der Waals surface area contributed by atoms with Gasteiger partial charge in [-0.05, 0) is 50.6 Å². The molecule has 4 heteroatoms. The van der Waals surface area contributed by atoms with Crippen LogP contribution in [-0.4, -0.2) is 25.0 Å². The van der Waals surface area contributed by atoms with Crippen LogP contribution < -0.4 is 10.6 Å². The minimum atomic E-state index is 0. The number of carbonyl (C=O) groups excluding carboxylic acids is 1. The standard InChI is InChI=1S/C14H24N2O.ClH/c17-13(16-11-4-2-1-3-5-11)12-10-14(12)6-8-15-9-7-14;/h11-12,15H,1-10H2,(H,16,17);1H. The first-order valence-corrected chi connectivity index (χ1v) is 7.31. The van der Waals surface area contributed by atoms with Gasteiger partial charge in [0, 0.05) is 12.0 Å². The van der Waals surface area contributed by atoms with Gasteiger partial charge in [-0.1, -0.05) is 19.3 Å². The van der Waals surface area contributed by atoms with E-state index < -0.39 is 0 Å². The van der Waals surface area contributed by atoms with Gasteiger partial charge in [0.15, 0.2) is 0 Å². The fourth-order valence-corrected chi connectivity index (χ4v) is 3.74. The number of nitrogens with one attached hydrogen (secondary N) is 2.